The van der Waals surface area contributed by atoms with Crippen LogP contribution in [0.15, 0.2) is 0 Å². The highest BCUT2D eigenvalue weighted by molar-refractivity contribution is 5.85. The Balaban J connectivity index is 0.00000225. The molecule has 0 aliphatic carbocycles. The maximum Gasteiger partial charge on any atom is 0.410 e. The van der Waals surface area contributed by atoms with E-state index in [1.807, 2.05) is 0 Å². The summed E-state index contributed by atoms with van der Waals surface area (Å²) in [4.78, 5) is 23.6. The lowest BCUT2D eigenvalue weighted by molar-refractivity contribution is -0.127. The largest absolute Gasteiger partial charge is 0.444 e. The molecule has 1 aliphatic heterocycles. The molecule has 0 aromatic heterocycles. The number of halogens is 1. The van der Waals surface area contributed by atoms with Crippen molar-refractivity contribution in [2.75, 3.05) is 13.1 Å². The van der Waals surface area contributed by atoms with Crippen LogP contribution in [-0.2, 0) is 9.53 Å². The van der Waals surface area contributed by atoms with Crippen molar-refractivity contribution in [1.29, 1.82) is 0 Å². The Kier molecular flexibility index (Phi) is 4.86. The number of nitrogens with zero attached hydrogens (tertiary/aromatic N) is 1. The standard InChI is InChI=1S/C10H16FNO3.H2O/c1-10(2,3)15-9(14)12-5-4-8(13)7(11)6-12;/h7H,4-6H2,1-3H3;1H2. The van der Waals surface area contributed by atoms with Gasteiger partial charge in [-0.1, -0.05) is 0 Å². The zero-order chi connectivity index (χ0) is 11.6. The number of Topliss-reactive ketones (excluding diaryl/α,β-unsaturated/α-hetero) is 1. The van der Waals surface area contributed by atoms with Crippen LogP contribution in [0.25, 0.3) is 0 Å². The molecule has 0 radical (unpaired) electrons. The van der Waals surface area contributed by atoms with Gasteiger partial charge in [0.05, 0.1) is 6.54 Å². The van der Waals surface area contributed by atoms with Crippen molar-refractivity contribution in [3.8, 4) is 0 Å². The molecule has 1 heterocycles. The fourth-order valence-corrected chi connectivity index (χ4v) is 1.28. The number of alkyl halides is 1. The maximum atomic E-state index is 13.0. The van der Waals surface area contributed by atoms with Crippen LogP contribution in [0.5, 0.6) is 0 Å². The van der Waals surface area contributed by atoms with Crippen LogP contribution in [0.1, 0.15) is 27.2 Å². The summed E-state index contributed by atoms with van der Waals surface area (Å²) in [5.41, 5.74) is -0.593. The Morgan fingerprint density at radius 3 is 2.50 bits per heavy atom. The van der Waals surface area contributed by atoms with E-state index in [9.17, 15) is 14.0 Å². The molecule has 1 fully saturated rings. The predicted octanol–water partition coefficient (Wildman–Crippen LogP) is 0.710. The van der Waals surface area contributed by atoms with Crippen LogP contribution in [0, 0.1) is 0 Å². The van der Waals surface area contributed by atoms with Crippen LogP contribution in [0.2, 0.25) is 0 Å². The molecule has 1 unspecified atom stereocenters. The molecule has 6 heteroatoms. The van der Waals surface area contributed by atoms with Crippen LogP contribution in [0.3, 0.4) is 0 Å². The summed E-state index contributed by atoms with van der Waals surface area (Å²) >= 11 is 0. The van der Waals surface area contributed by atoms with Crippen molar-refractivity contribution in [2.24, 2.45) is 0 Å². The fourth-order valence-electron chi connectivity index (χ4n) is 1.28. The minimum atomic E-state index is -1.56. The first kappa shape index (κ1) is 14.8. The number of hydrogen-bond acceptors (Lipinski definition) is 3. The van der Waals surface area contributed by atoms with Gasteiger partial charge in [0.2, 0.25) is 0 Å². The van der Waals surface area contributed by atoms with E-state index in [0.29, 0.717) is 0 Å². The van der Waals surface area contributed by atoms with Gasteiger partial charge in [-0.15, -0.1) is 0 Å². The van der Waals surface area contributed by atoms with E-state index in [4.69, 9.17) is 4.74 Å². The Bertz CT molecular complexity index is 274. The number of carbonyl (C=O) groups excluding carboxylic acids is 2. The number of hydrogen-bond donors (Lipinski definition) is 0. The Hall–Kier alpha value is -1.17. The quantitative estimate of drug-likeness (QED) is 0.620. The highest BCUT2D eigenvalue weighted by Crippen LogP contribution is 2.14. The first-order valence-corrected chi connectivity index (χ1v) is 4.94. The third-order valence-corrected chi connectivity index (χ3v) is 2.01. The van der Waals surface area contributed by atoms with Gasteiger partial charge in [0.1, 0.15) is 5.60 Å². The molecule has 1 atom stereocenters. The zero-order valence-corrected chi connectivity index (χ0v) is 9.75. The highest BCUT2D eigenvalue weighted by atomic mass is 19.1. The summed E-state index contributed by atoms with van der Waals surface area (Å²) in [6.07, 6.45) is -2.05. The first-order valence-electron chi connectivity index (χ1n) is 4.94. The lowest BCUT2D eigenvalue weighted by atomic mass is 10.1. The van der Waals surface area contributed by atoms with Gasteiger partial charge in [-0.05, 0) is 20.8 Å². The van der Waals surface area contributed by atoms with E-state index in [0.717, 1.165) is 0 Å². The molecule has 0 saturated carbocycles. The highest BCUT2D eigenvalue weighted by Gasteiger charge is 2.31. The molecule has 2 N–H and O–H groups in total. The normalized spacial score (nSPS) is 21.4. The third-order valence-electron chi connectivity index (χ3n) is 2.01. The van der Waals surface area contributed by atoms with Crippen molar-refractivity contribution in [1.82, 2.24) is 4.90 Å². The number of ether oxygens (including phenoxy) is 1. The fraction of sp³-hybridized carbons (Fsp3) is 0.800. The van der Waals surface area contributed by atoms with Gasteiger partial charge in [0.25, 0.3) is 0 Å². The van der Waals surface area contributed by atoms with Gasteiger partial charge in [-0.2, -0.15) is 0 Å². The molecule has 0 aromatic carbocycles. The lowest BCUT2D eigenvalue weighted by Gasteiger charge is -2.30. The van der Waals surface area contributed by atoms with Crippen molar-refractivity contribution in [3.05, 3.63) is 0 Å². The molecule has 1 amide bonds. The predicted molar refractivity (Wildman–Crippen MR) is 55.9 cm³/mol. The van der Waals surface area contributed by atoms with E-state index in [1.54, 1.807) is 20.8 Å². The number of ketones is 1. The SMILES string of the molecule is CC(C)(C)OC(=O)N1CCC(=O)C(F)C1.O. The summed E-state index contributed by atoms with van der Waals surface area (Å²) in [5, 5.41) is 0. The number of amides is 1. The van der Waals surface area contributed by atoms with E-state index in [1.165, 1.54) is 4.90 Å². The molecule has 1 aliphatic rings. The summed E-state index contributed by atoms with van der Waals surface area (Å²) in [7, 11) is 0. The Morgan fingerprint density at radius 1 is 1.50 bits per heavy atom. The Morgan fingerprint density at radius 2 is 2.06 bits per heavy atom. The van der Waals surface area contributed by atoms with Crippen LogP contribution >= 0.6 is 0 Å². The van der Waals surface area contributed by atoms with Gasteiger partial charge >= 0.3 is 6.09 Å². The number of carbonyl (C=O) groups is 2. The third kappa shape index (κ3) is 4.14. The second-order valence-corrected chi connectivity index (χ2v) is 4.61. The van der Waals surface area contributed by atoms with Gasteiger partial charge in [0.15, 0.2) is 12.0 Å². The molecular formula is C10H18FNO4. The van der Waals surface area contributed by atoms with E-state index >= 15 is 0 Å². The van der Waals surface area contributed by atoms with Gasteiger partial charge < -0.3 is 15.1 Å². The van der Waals surface area contributed by atoms with Crippen LogP contribution in [0.4, 0.5) is 9.18 Å². The molecule has 5 nitrogen and oxygen atoms in total. The smallest absolute Gasteiger partial charge is 0.410 e. The molecule has 0 spiro atoms. The topological polar surface area (TPSA) is 78.1 Å². The average molecular weight is 235 g/mol. The number of likely N-dealkylation sites (tertiary alicyclic amines) is 1. The number of piperidine rings is 1. The average Bonchev–Trinajstić information content (AvgIpc) is 2.06. The molecule has 94 valence electrons. The van der Waals surface area contributed by atoms with Gasteiger partial charge in [0, 0.05) is 13.0 Å². The minimum absolute atomic E-state index is 0. The van der Waals surface area contributed by atoms with Crippen LogP contribution < -0.4 is 0 Å². The van der Waals surface area contributed by atoms with E-state index < -0.39 is 23.6 Å². The monoisotopic (exact) mass is 235 g/mol. The van der Waals surface area contributed by atoms with E-state index in [2.05, 4.69) is 0 Å². The van der Waals surface area contributed by atoms with Gasteiger partial charge in [-0.25, -0.2) is 9.18 Å². The summed E-state index contributed by atoms with van der Waals surface area (Å²) < 4.78 is 18.1. The van der Waals surface area contributed by atoms with Crippen molar-refractivity contribution < 1.29 is 24.2 Å². The zero-order valence-electron chi connectivity index (χ0n) is 9.75. The maximum absolute atomic E-state index is 13.0. The Labute approximate surface area is 93.9 Å². The molecule has 1 rings (SSSR count). The first-order chi connectivity index (χ1) is 6.79. The summed E-state index contributed by atoms with van der Waals surface area (Å²) in [5.74, 6) is -0.435. The molecule has 16 heavy (non-hydrogen) atoms. The second kappa shape index (κ2) is 5.25. The summed E-state index contributed by atoms with van der Waals surface area (Å²) in [6.45, 7) is 5.29. The van der Waals surface area contributed by atoms with Crippen LogP contribution in [-0.4, -0.2) is 47.1 Å². The minimum Gasteiger partial charge on any atom is -0.444 e. The van der Waals surface area contributed by atoms with Gasteiger partial charge in [-0.3, -0.25) is 4.79 Å². The lowest BCUT2D eigenvalue weighted by Crippen LogP contribution is -2.47. The molecule has 1 saturated heterocycles. The molecule has 0 bridgehead atoms. The van der Waals surface area contributed by atoms with Crippen molar-refractivity contribution >= 4 is 11.9 Å². The van der Waals surface area contributed by atoms with Crippen molar-refractivity contribution in [3.63, 3.8) is 0 Å². The molecule has 0 aromatic rings. The van der Waals surface area contributed by atoms with E-state index in [-0.39, 0.29) is 25.0 Å². The molecular weight excluding hydrogens is 217 g/mol. The number of rotatable bonds is 0. The summed E-state index contributed by atoms with van der Waals surface area (Å²) in [6, 6.07) is 0. The van der Waals surface area contributed by atoms with Crippen molar-refractivity contribution in [2.45, 2.75) is 39.0 Å². The second-order valence-electron chi connectivity index (χ2n) is 4.61.